The van der Waals surface area contributed by atoms with Gasteiger partial charge in [-0.15, -0.1) is 0 Å². The van der Waals surface area contributed by atoms with E-state index in [2.05, 4.69) is 5.32 Å². The van der Waals surface area contributed by atoms with Crippen molar-refractivity contribution in [2.24, 2.45) is 0 Å². The van der Waals surface area contributed by atoms with Crippen molar-refractivity contribution in [3.8, 4) is 17.2 Å². The highest BCUT2D eigenvalue weighted by Gasteiger charge is 2.34. The van der Waals surface area contributed by atoms with Gasteiger partial charge in [-0.05, 0) is 66.8 Å². The molecule has 10 heteroatoms. The molecule has 1 aliphatic rings. The Hall–Kier alpha value is -4.60. The summed E-state index contributed by atoms with van der Waals surface area (Å²) in [6.45, 7) is 0. The molecule has 0 bridgehead atoms. The van der Waals surface area contributed by atoms with Crippen molar-refractivity contribution in [3.63, 3.8) is 0 Å². The predicted octanol–water partition coefficient (Wildman–Crippen LogP) is 5.78. The standard InChI is InChI=1S/C32H37N3O7/c1-40-27-17-9-22(10-18-27)11-20-30(36)34(26-16-19-28(41-2)29(21-26)42-3)31(23-12-14-25(15-13-23)35(38)39)32(37)33-24-7-5-4-6-8-24/h9-10,12-19,21,24,31H,4-8,11,20H2,1-3H3,(H,33,37). The van der Waals surface area contributed by atoms with E-state index in [-0.39, 0.29) is 30.0 Å². The number of amides is 2. The van der Waals surface area contributed by atoms with Gasteiger partial charge in [-0.1, -0.05) is 31.4 Å². The van der Waals surface area contributed by atoms with Crippen LogP contribution in [0, 0.1) is 10.1 Å². The molecule has 1 unspecified atom stereocenters. The van der Waals surface area contributed by atoms with E-state index in [1.807, 2.05) is 24.3 Å². The maximum atomic E-state index is 14.1. The first-order chi connectivity index (χ1) is 20.3. The minimum absolute atomic E-state index is 0.00606. The number of ether oxygens (including phenoxy) is 3. The van der Waals surface area contributed by atoms with Crippen molar-refractivity contribution < 1.29 is 28.7 Å². The number of nitrogens with one attached hydrogen (secondary N) is 1. The third-order valence-corrected chi connectivity index (χ3v) is 7.58. The fourth-order valence-electron chi connectivity index (χ4n) is 5.30. The molecule has 0 radical (unpaired) electrons. The second-order valence-electron chi connectivity index (χ2n) is 10.2. The van der Waals surface area contributed by atoms with Gasteiger partial charge in [0.05, 0.1) is 26.3 Å². The molecule has 3 aromatic carbocycles. The van der Waals surface area contributed by atoms with Crippen molar-refractivity contribution in [1.82, 2.24) is 5.32 Å². The van der Waals surface area contributed by atoms with Crippen molar-refractivity contribution >= 4 is 23.2 Å². The van der Waals surface area contributed by atoms with Gasteiger partial charge in [0, 0.05) is 36.3 Å². The molecule has 0 aromatic heterocycles. The van der Waals surface area contributed by atoms with Crippen molar-refractivity contribution in [2.45, 2.75) is 57.0 Å². The van der Waals surface area contributed by atoms with Gasteiger partial charge in [-0.2, -0.15) is 0 Å². The SMILES string of the molecule is COc1ccc(CCC(=O)N(c2ccc(OC)c(OC)c2)C(C(=O)NC2CCCCC2)c2ccc([N+](=O)[O-])cc2)cc1. The summed E-state index contributed by atoms with van der Waals surface area (Å²) in [4.78, 5) is 40.5. The third kappa shape index (κ3) is 7.37. The zero-order valence-corrected chi connectivity index (χ0v) is 24.2. The fraction of sp³-hybridized carbons (Fsp3) is 0.375. The maximum Gasteiger partial charge on any atom is 0.269 e. The number of rotatable bonds is 12. The summed E-state index contributed by atoms with van der Waals surface area (Å²) in [7, 11) is 4.61. The fourth-order valence-corrected chi connectivity index (χ4v) is 5.30. The van der Waals surface area contributed by atoms with Gasteiger partial charge in [0.15, 0.2) is 11.5 Å². The Morgan fingerprint density at radius 2 is 1.57 bits per heavy atom. The molecule has 42 heavy (non-hydrogen) atoms. The summed E-state index contributed by atoms with van der Waals surface area (Å²) in [6.07, 6.45) is 5.44. The van der Waals surface area contributed by atoms with Gasteiger partial charge < -0.3 is 19.5 Å². The van der Waals surface area contributed by atoms with Crippen LogP contribution in [0.2, 0.25) is 0 Å². The quantitative estimate of drug-likeness (QED) is 0.215. The number of nitro benzene ring substituents is 1. The molecule has 1 saturated carbocycles. The number of benzene rings is 3. The van der Waals surface area contributed by atoms with Crippen molar-refractivity contribution in [1.29, 1.82) is 0 Å². The summed E-state index contributed by atoms with van der Waals surface area (Å²) in [5.41, 5.74) is 1.74. The number of non-ortho nitro benzene ring substituents is 1. The Morgan fingerprint density at radius 3 is 2.17 bits per heavy atom. The van der Waals surface area contributed by atoms with Crippen LogP contribution in [-0.4, -0.2) is 44.1 Å². The number of carbonyl (C=O) groups excluding carboxylic acids is 2. The number of nitrogens with zero attached hydrogens (tertiary/aromatic N) is 2. The van der Waals surface area contributed by atoms with Crippen LogP contribution in [0.15, 0.2) is 66.7 Å². The molecule has 1 atom stereocenters. The van der Waals surface area contributed by atoms with E-state index in [4.69, 9.17) is 14.2 Å². The number of methoxy groups -OCH3 is 3. The molecule has 0 heterocycles. The highest BCUT2D eigenvalue weighted by molar-refractivity contribution is 6.01. The van der Waals surface area contributed by atoms with Gasteiger partial charge >= 0.3 is 0 Å². The summed E-state index contributed by atoms with van der Waals surface area (Å²) in [5.74, 6) is 0.960. The third-order valence-electron chi connectivity index (χ3n) is 7.58. The number of anilines is 1. The molecule has 4 rings (SSSR count). The lowest BCUT2D eigenvalue weighted by molar-refractivity contribution is -0.384. The van der Waals surface area contributed by atoms with Crippen LogP contribution in [0.3, 0.4) is 0 Å². The van der Waals surface area contributed by atoms with Crippen LogP contribution in [-0.2, 0) is 16.0 Å². The first-order valence-corrected chi connectivity index (χ1v) is 14.1. The van der Waals surface area contributed by atoms with E-state index in [9.17, 15) is 19.7 Å². The molecule has 222 valence electrons. The van der Waals surface area contributed by atoms with E-state index < -0.39 is 11.0 Å². The number of hydrogen-bond acceptors (Lipinski definition) is 7. The van der Waals surface area contributed by atoms with Crippen LogP contribution >= 0.6 is 0 Å². The Bertz CT molecular complexity index is 1370. The van der Waals surface area contributed by atoms with Gasteiger partial charge in [-0.25, -0.2) is 0 Å². The largest absolute Gasteiger partial charge is 0.497 e. The van der Waals surface area contributed by atoms with Gasteiger partial charge in [0.25, 0.3) is 5.69 Å². The summed E-state index contributed by atoms with van der Waals surface area (Å²) in [6, 6.07) is 17.2. The second kappa shape index (κ2) is 14.3. The van der Waals surface area contributed by atoms with Crippen molar-refractivity contribution in [3.05, 3.63) is 88.0 Å². The van der Waals surface area contributed by atoms with E-state index >= 15 is 0 Å². The second-order valence-corrected chi connectivity index (χ2v) is 10.2. The van der Waals surface area contributed by atoms with Gasteiger partial charge in [0.1, 0.15) is 11.8 Å². The molecule has 2 amide bonds. The Morgan fingerprint density at radius 1 is 0.905 bits per heavy atom. The monoisotopic (exact) mass is 575 g/mol. The smallest absolute Gasteiger partial charge is 0.269 e. The lowest BCUT2D eigenvalue weighted by Gasteiger charge is -2.34. The molecule has 0 spiro atoms. The minimum Gasteiger partial charge on any atom is -0.497 e. The topological polar surface area (TPSA) is 120 Å². The number of carbonyl (C=O) groups is 2. The molecule has 1 aliphatic carbocycles. The van der Waals surface area contributed by atoms with E-state index in [1.54, 1.807) is 25.3 Å². The molecular formula is C32H37N3O7. The summed E-state index contributed by atoms with van der Waals surface area (Å²) >= 11 is 0. The van der Waals surface area contributed by atoms with E-state index in [0.717, 1.165) is 43.4 Å². The molecule has 0 saturated heterocycles. The first kappa shape index (κ1) is 30.4. The highest BCUT2D eigenvalue weighted by Crippen LogP contribution is 2.36. The molecule has 1 N–H and O–H groups in total. The molecular weight excluding hydrogens is 538 g/mol. The van der Waals surface area contributed by atoms with E-state index in [1.165, 1.54) is 43.4 Å². The van der Waals surface area contributed by atoms with Crippen LogP contribution in [0.5, 0.6) is 17.2 Å². The average molecular weight is 576 g/mol. The van der Waals surface area contributed by atoms with Gasteiger partial charge in [0.2, 0.25) is 11.8 Å². The lowest BCUT2D eigenvalue weighted by atomic mass is 9.94. The Labute approximate surface area is 245 Å². The van der Waals surface area contributed by atoms with Crippen LogP contribution < -0.4 is 24.4 Å². The normalized spacial score (nSPS) is 14.0. The Kier molecular flexibility index (Phi) is 10.4. The van der Waals surface area contributed by atoms with Crippen LogP contribution in [0.1, 0.15) is 55.7 Å². The predicted molar refractivity (Wildman–Crippen MR) is 159 cm³/mol. The molecule has 3 aromatic rings. The molecule has 10 nitrogen and oxygen atoms in total. The lowest BCUT2D eigenvalue weighted by Crippen LogP contribution is -2.47. The zero-order chi connectivity index (χ0) is 30.1. The highest BCUT2D eigenvalue weighted by atomic mass is 16.6. The average Bonchev–Trinajstić information content (AvgIpc) is 3.02. The van der Waals surface area contributed by atoms with Crippen LogP contribution in [0.4, 0.5) is 11.4 Å². The number of nitro groups is 1. The van der Waals surface area contributed by atoms with Crippen molar-refractivity contribution in [2.75, 3.05) is 26.2 Å². The number of hydrogen-bond donors (Lipinski definition) is 1. The first-order valence-electron chi connectivity index (χ1n) is 14.1. The molecule has 1 fully saturated rings. The minimum atomic E-state index is -1.07. The van der Waals surface area contributed by atoms with E-state index in [0.29, 0.717) is 29.2 Å². The number of aryl methyl sites for hydroxylation is 1. The molecule has 0 aliphatic heterocycles. The van der Waals surface area contributed by atoms with Gasteiger partial charge in [-0.3, -0.25) is 24.6 Å². The summed E-state index contributed by atoms with van der Waals surface area (Å²) < 4.78 is 16.2. The Balaban J connectivity index is 1.75. The van der Waals surface area contributed by atoms with Crippen LogP contribution in [0.25, 0.3) is 0 Å². The maximum absolute atomic E-state index is 14.1. The summed E-state index contributed by atoms with van der Waals surface area (Å²) in [5, 5.41) is 14.5. The zero-order valence-electron chi connectivity index (χ0n) is 24.2.